The molecule has 0 amide bonds. The number of aromatic hydroxyl groups is 1. The first-order valence-electron chi connectivity index (χ1n) is 9.10. The fourth-order valence-electron chi connectivity index (χ4n) is 3.26. The number of nitrogens with zero attached hydrogens (tertiary/aromatic N) is 3. The Morgan fingerprint density at radius 1 is 0.964 bits per heavy atom. The molecule has 0 radical (unpaired) electrons. The van der Waals surface area contributed by atoms with Crippen LogP contribution in [-0.4, -0.2) is 26.1 Å². The van der Waals surface area contributed by atoms with Gasteiger partial charge >= 0.3 is 0 Å². The largest absolute Gasteiger partial charge is 0.505 e. The zero-order chi connectivity index (χ0) is 19.5. The van der Waals surface area contributed by atoms with E-state index in [2.05, 4.69) is 25.6 Å². The molecular weight excluding hydrogens is 397 g/mol. The molecule has 0 aliphatic heterocycles. The van der Waals surface area contributed by atoms with Gasteiger partial charge in [0.1, 0.15) is 5.82 Å². The van der Waals surface area contributed by atoms with Crippen LogP contribution in [-0.2, 0) is 0 Å². The van der Waals surface area contributed by atoms with E-state index in [0.717, 1.165) is 18.5 Å². The Balaban J connectivity index is 1.68. The molecule has 2 heterocycles. The maximum absolute atomic E-state index is 9.76. The average Bonchev–Trinajstić information content (AvgIpc) is 3.19. The number of hydrogen-bond donors (Lipinski definition) is 3. The van der Waals surface area contributed by atoms with Crippen molar-refractivity contribution in [3.63, 3.8) is 0 Å². The highest BCUT2D eigenvalue weighted by atomic mass is 35.5. The Morgan fingerprint density at radius 2 is 1.71 bits per heavy atom. The van der Waals surface area contributed by atoms with Crippen LogP contribution in [0.15, 0.2) is 42.6 Å². The maximum Gasteiger partial charge on any atom is 0.225 e. The summed E-state index contributed by atoms with van der Waals surface area (Å²) in [5.74, 6) is 0.983. The first-order valence-corrected chi connectivity index (χ1v) is 9.86. The van der Waals surface area contributed by atoms with Gasteiger partial charge in [-0.3, -0.25) is 4.98 Å². The summed E-state index contributed by atoms with van der Waals surface area (Å²) in [5, 5.41) is 16.7. The number of phenolic OH excluding ortho intramolecular Hbond substituents is 1. The number of hydrogen-bond acceptors (Lipinski definition) is 6. The highest BCUT2D eigenvalue weighted by Gasteiger charge is 2.17. The van der Waals surface area contributed by atoms with Gasteiger partial charge in [-0.05, 0) is 37.1 Å². The highest BCUT2D eigenvalue weighted by molar-refractivity contribution is 6.37. The molecule has 2 aromatic heterocycles. The Labute approximate surface area is 173 Å². The van der Waals surface area contributed by atoms with Gasteiger partial charge in [0.2, 0.25) is 5.95 Å². The molecule has 4 rings (SSSR count). The molecule has 6 nitrogen and oxygen atoms in total. The smallest absolute Gasteiger partial charge is 0.225 e. The Kier molecular flexibility index (Phi) is 5.50. The zero-order valence-corrected chi connectivity index (χ0v) is 16.5. The van der Waals surface area contributed by atoms with Crippen LogP contribution in [0.4, 0.5) is 17.5 Å². The number of nitrogens with one attached hydrogen (secondary N) is 2. The van der Waals surface area contributed by atoms with Gasteiger partial charge in [0.05, 0.1) is 21.4 Å². The van der Waals surface area contributed by atoms with E-state index in [1.807, 2.05) is 24.3 Å². The van der Waals surface area contributed by atoms with Crippen LogP contribution >= 0.6 is 23.2 Å². The number of benzene rings is 1. The quantitative estimate of drug-likeness (QED) is 0.467. The van der Waals surface area contributed by atoms with E-state index in [9.17, 15) is 5.11 Å². The van der Waals surface area contributed by atoms with Crippen molar-refractivity contribution in [2.75, 3.05) is 10.6 Å². The van der Waals surface area contributed by atoms with Crippen molar-refractivity contribution < 1.29 is 5.11 Å². The summed E-state index contributed by atoms with van der Waals surface area (Å²) in [6.45, 7) is 0. The van der Waals surface area contributed by atoms with Crippen LogP contribution in [0.1, 0.15) is 25.7 Å². The van der Waals surface area contributed by atoms with E-state index in [0.29, 0.717) is 29.2 Å². The third kappa shape index (κ3) is 4.29. The lowest BCUT2D eigenvalue weighted by Gasteiger charge is -2.15. The number of halogens is 2. The minimum absolute atomic E-state index is 0.144. The van der Waals surface area contributed by atoms with E-state index >= 15 is 0 Å². The van der Waals surface area contributed by atoms with Crippen LogP contribution in [0.3, 0.4) is 0 Å². The fraction of sp³-hybridized carbons (Fsp3) is 0.250. The predicted molar refractivity (Wildman–Crippen MR) is 113 cm³/mol. The van der Waals surface area contributed by atoms with Crippen LogP contribution in [0.5, 0.6) is 5.75 Å². The Bertz CT molecular complexity index is 955. The molecule has 8 heteroatoms. The molecule has 1 saturated carbocycles. The van der Waals surface area contributed by atoms with Gasteiger partial charge in [-0.2, -0.15) is 4.98 Å². The Hall–Kier alpha value is -2.57. The average molecular weight is 416 g/mol. The summed E-state index contributed by atoms with van der Waals surface area (Å²) < 4.78 is 0. The minimum Gasteiger partial charge on any atom is -0.505 e. The minimum atomic E-state index is -0.144. The topological polar surface area (TPSA) is 83.0 Å². The second-order valence-corrected chi connectivity index (χ2v) is 7.53. The number of anilines is 3. The summed E-state index contributed by atoms with van der Waals surface area (Å²) in [5.41, 5.74) is 2.07. The second kappa shape index (κ2) is 8.20. The zero-order valence-electron chi connectivity index (χ0n) is 15.0. The van der Waals surface area contributed by atoms with Gasteiger partial charge in [-0.15, -0.1) is 0 Å². The van der Waals surface area contributed by atoms with Gasteiger partial charge in [0, 0.05) is 24.0 Å². The third-order valence-electron chi connectivity index (χ3n) is 4.63. The van der Waals surface area contributed by atoms with Gasteiger partial charge in [-0.25, -0.2) is 4.98 Å². The van der Waals surface area contributed by atoms with Crippen LogP contribution in [0, 0.1) is 0 Å². The van der Waals surface area contributed by atoms with Gasteiger partial charge in [0.15, 0.2) is 5.75 Å². The predicted octanol–water partition coefficient (Wildman–Crippen LogP) is 5.65. The normalized spacial score (nSPS) is 14.2. The van der Waals surface area contributed by atoms with Crippen LogP contribution in [0.25, 0.3) is 11.4 Å². The van der Waals surface area contributed by atoms with Gasteiger partial charge < -0.3 is 15.7 Å². The Morgan fingerprint density at radius 3 is 2.39 bits per heavy atom. The molecule has 28 heavy (non-hydrogen) atoms. The van der Waals surface area contributed by atoms with Crippen molar-refractivity contribution in [2.45, 2.75) is 31.7 Å². The van der Waals surface area contributed by atoms with E-state index in [1.165, 1.54) is 12.8 Å². The van der Waals surface area contributed by atoms with Crippen molar-refractivity contribution in [3.05, 3.63) is 52.6 Å². The molecule has 1 aliphatic carbocycles. The molecule has 144 valence electrons. The van der Waals surface area contributed by atoms with Crippen molar-refractivity contribution in [2.24, 2.45) is 0 Å². The molecule has 0 atom stereocenters. The summed E-state index contributed by atoms with van der Waals surface area (Å²) in [4.78, 5) is 13.6. The molecule has 0 spiro atoms. The van der Waals surface area contributed by atoms with Crippen LogP contribution < -0.4 is 10.6 Å². The molecule has 1 aliphatic rings. The first kappa shape index (κ1) is 18.8. The van der Waals surface area contributed by atoms with Crippen molar-refractivity contribution in [3.8, 4) is 17.1 Å². The molecule has 3 N–H and O–H groups in total. The van der Waals surface area contributed by atoms with Crippen molar-refractivity contribution >= 4 is 40.7 Å². The number of rotatable bonds is 5. The first-order chi connectivity index (χ1) is 13.6. The van der Waals surface area contributed by atoms with E-state index in [1.54, 1.807) is 18.3 Å². The van der Waals surface area contributed by atoms with E-state index < -0.39 is 0 Å². The summed E-state index contributed by atoms with van der Waals surface area (Å²) >= 11 is 12.1. The summed E-state index contributed by atoms with van der Waals surface area (Å²) in [6.07, 6.45) is 6.39. The molecule has 1 aromatic carbocycles. The highest BCUT2D eigenvalue weighted by Crippen LogP contribution is 2.35. The maximum atomic E-state index is 9.76. The fourth-order valence-corrected chi connectivity index (χ4v) is 3.75. The van der Waals surface area contributed by atoms with E-state index in [-0.39, 0.29) is 15.8 Å². The lowest BCUT2D eigenvalue weighted by molar-refractivity contribution is 0.476. The number of pyridine rings is 1. The SMILES string of the molecule is Oc1c(Cl)cc(Nc2cc(-c3ccccn3)nc(NC3CCCC3)n2)cc1Cl. The van der Waals surface area contributed by atoms with E-state index in [4.69, 9.17) is 23.2 Å². The lowest BCUT2D eigenvalue weighted by Crippen LogP contribution is -2.17. The number of phenols is 1. The molecule has 0 bridgehead atoms. The molecular formula is C20H19Cl2N5O. The summed E-state index contributed by atoms with van der Waals surface area (Å²) in [6, 6.07) is 11.1. The van der Waals surface area contributed by atoms with Gasteiger partial charge in [0.25, 0.3) is 0 Å². The standard InChI is InChI=1S/C20H19Cl2N5O/c21-14-9-13(10-15(22)19(14)28)24-18-11-17(16-7-3-4-8-23-16)26-20(27-18)25-12-5-1-2-6-12/h3-4,7-12,28H,1-2,5-6H2,(H2,24,25,26,27). The summed E-state index contributed by atoms with van der Waals surface area (Å²) in [7, 11) is 0. The lowest BCUT2D eigenvalue weighted by atomic mass is 10.2. The van der Waals surface area contributed by atoms with Crippen LogP contribution in [0.2, 0.25) is 10.0 Å². The van der Waals surface area contributed by atoms with Gasteiger partial charge in [-0.1, -0.05) is 42.1 Å². The molecule has 1 fully saturated rings. The monoisotopic (exact) mass is 415 g/mol. The molecule has 3 aromatic rings. The molecule has 0 unspecified atom stereocenters. The number of aromatic nitrogens is 3. The van der Waals surface area contributed by atoms with Crippen molar-refractivity contribution in [1.29, 1.82) is 0 Å². The second-order valence-electron chi connectivity index (χ2n) is 6.72. The van der Waals surface area contributed by atoms with Crippen molar-refractivity contribution in [1.82, 2.24) is 15.0 Å². The third-order valence-corrected chi connectivity index (χ3v) is 5.21. The molecule has 0 saturated heterocycles.